The SMILES string of the molecule is O=[N+]([O-])c1ccc(CCN2CCNCCNCCNCC2)cc1. The van der Waals surface area contributed by atoms with Crippen LogP contribution in [0.1, 0.15) is 5.56 Å². The molecule has 0 atom stereocenters. The number of hydrogen-bond acceptors (Lipinski definition) is 6. The fourth-order valence-corrected chi connectivity index (χ4v) is 2.61. The third-order valence-corrected chi connectivity index (χ3v) is 4.03. The van der Waals surface area contributed by atoms with Gasteiger partial charge in [-0.15, -0.1) is 0 Å². The van der Waals surface area contributed by atoms with Gasteiger partial charge in [0.1, 0.15) is 0 Å². The van der Waals surface area contributed by atoms with Gasteiger partial charge in [0, 0.05) is 71.0 Å². The number of hydrogen-bond donors (Lipinski definition) is 3. The number of rotatable bonds is 4. The average molecular weight is 321 g/mol. The maximum atomic E-state index is 10.7. The first kappa shape index (κ1) is 17.8. The Morgan fingerprint density at radius 2 is 1.43 bits per heavy atom. The minimum absolute atomic E-state index is 0.155. The van der Waals surface area contributed by atoms with E-state index < -0.39 is 0 Å². The Hall–Kier alpha value is -1.54. The van der Waals surface area contributed by atoms with E-state index in [2.05, 4.69) is 20.9 Å². The predicted octanol–water partition coefficient (Wildman–Crippen LogP) is 0.222. The molecular weight excluding hydrogens is 294 g/mol. The van der Waals surface area contributed by atoms with Crippen molar-refractivity contribution in [1.82, 2.24) is 20.9 Å². The van der Waals surface area contributed by atoms with Crippen LogP contribution in [0.5, 0.6) is 0 Å². The first-order valence-corrected chi connectivity index (χ1v) is 8.33. The normalized spacial score (nSPS) is 18.8. The maximum absolute atomic E-state index is 10.7. The second-order valence-electron chi connectivity index (χ2n) is 5.77. The van der Waals surface area contributed by atoms with Crippen molar-refractivity contribution in [3.8, 4) is 0 Å². The molecular formula is C16H27N5O2. The van der Waals surface area contributed by atoms with Crippen LogP contribution < -0.4 is 16.0 Å². The highest BCUT2D eigenvalue weighted by Gasteiger charge is 2.07. The van der Waals surface area contributed by atoms with Crippen LogP contribution in [0, 0.1) is 10.1 Å². The van der Waals surface area contributed by atoms with Crippen LogP contribution in [0.15, 0.2) is 24.3 Å². The molecule has 128 valence electrons. The predicted molar refractivity (Wildman–Crippen MR) is 91.8 cm³/mol. The monoisotopic (exact) mass is 321 g/mol. The second kappa shape index (κ2) is 10.3. The van der Waals surface area contributed by atoms with Crippen molar-refractivity contribution in [3.05, 3.63) is 39.9 Å². The molecule has 1 saturated heterocycles. The molecule has 1 aromatic carbocycles. The molecule has 3 N–H and O–H groups in total. The molecule has 0 bridgehead atoms. The molecule has 1 heterocycles. The van der Waals surface area contributed by atoms with Crippen molar-refractivity contribution in [2.24, 2.45) is 0 Å². The van der Waals surface area contributed by atoms with E-state index in [9.17, 15) is 10.1 Å². The summed E-state index contributed by atoms with van der Waals surface area (Å²) >= 11 is 0. The number of nitrogens with zero attached hydrogens (tertiary/aromatic N) is 2. The van der Waals surface area contributed by atoms with E-state index in [0.717, 1.165) is 70.9 Å². The number of nitrogens with one attached hydrogen (secondary N) is 3. The van der Waals surface area contributed by atoms with Crippen molar-refractivity contribution in [2.75, 3.05) is 58.9 Å². The van der Waals surface area contributed by atoms with Crippen molar-refractivity contribution >= 4 is 5.69 Å². The first-order chi connectivity index (χ1) is 11.3. The molecule has 0 aromatic heterocycles. The maximum Gasteiger partial charge on any atom is 0.269 e. The summed E-state index contributed by atoms with van der Waals surface area (Å²) in [4.78, 5) is 12.8. The summed E-state index contributed by atoms with van der Waals surface area (Å²) in [5.41, 5.74) is 1.30. The van der Waals surface area contributed by atoms with Gasteiger partial charge in [0.25, 0.3) is 5.69 Å². The Kier molecular flexibility index (Phi) is 7.96. The molecule has 0 saturated carbocycles. The molecule has 7 nitrogen and oxygen atoms in total. The summed E-state index contributed by atoms with van der Waals surface area (Å²) in [5, 5.41) is 21.0. The summed E-state index contributed by atoms with van der Waals surface area (Å²) < 4.78 is 0. The number of nitro groups is 1. The summed E-state index contributed by atoms with van der Waals surface area (Å²) in [6.07, 6.45) is 0.916. The van der Waals surface area contributed by atoms with Gasteiger partial charge < -0.3 is 20.9 Å². The Morgan fingerprint density at radius 3 is 1.96 bits per heavy atom. The molecule has 0 radical (unpaired) electrons. The zero-order valence-corrected chi connectivity index (χ0v) is 13.6. The molecule has 2 rings (SSSR count). The van der Waals surface area contributed by atoms with E-state index in [0.29, 0.717) is 0 Å². The number of non-ortho nitro benzene ring substituents is 1. The molecule has 1 aromatic rings. The fraction of sp³-hybridized carbons (Fsp3) is 0.625. The fourth-order valence-electron chi connectivity index (χ4n) is 2.61. The lowest BCUT2D eigenvalue weighted by molar-refractivity contribution is -0.384. The molecule has 1 aliphatic rings. The topological polar surface area (TPSA) is 82.5 Å². The Balaban J connectivity index is 1.79. The van der Waals surface area contributed by atoms with Crippen LogP contribution in [0.25, 0.3) is 0 Å². The standard InChI is InChI=1S/C16H27N5O2/c22-21(23)16-3-1-15(2-4-16)5-12-20-13-10-18-8-6-17-7-9-19-11-14-20/h1-4,17-19H,5-14H2. The molecule has 23 heavy (non-hydrogen) atoms. The molecule has 1 aliphatic heterocycles. The van der Waals surface area contributed by atoms with Crippen LogP contribution in [0.4, 0.5) is 5.69 Å². The number of benzene rings is 1. The van der Waals surface area contributed by atoms with Crippen molar-refractivity contribution < 1.29 is 4.92 Å². The van der Waals surface area contributed by atoms with Crippen LogP contribution in [-0.4, -0.2) is 68.7 Å². The van der Waals surface area contributed by atoms with Gasteiger partial charge in [0.05, 0.1) is 4.92 Å². The van der Waals surface area contributed by atoms with Crippen LogP contribution in [0.3, 0.4) is 0 Å². The lowest BCUT2D eigenvalue weighted by Crippen LogP contribution is -2.42. The van der Waals surface area contributed by atoms with Crippen LogP contribution in [-0.2, 0) is 6.42 Å². The Morgan fingerprint density at radius 1 is 0.913 bits per heavy atom. The van der Waals surface area contributed by atoms with E-state index in [-0.39, 0.29) is 10.6 Å². The largest absolute Gasteiger partial charge is 0.314 e. The molecule has 0 aliphatic carbocycles. The van der Waals surface area contributed by atoms with Crippen LogP contribution in [0.2, 0.25) is 0 Å². The van der Waals surface area contributed by atoms with E-state index in [4.69, 9.17) is 0 Å². The third kappa shape index (κ3) is 7.04. The van der Waals surface area contributed by atoms with Gasteiger partial charge >= 0.3 is 0 Å². The van der Waals surface area contributed by atoms with Gasteiger partial charge in [0.2, 0.25) is 0 Å². The Labute approximate surface area is 137 Å². The van der Waals surface area contributed by atoms with Crippen molar-refractivity contribution in [1.29, 1.82) is 0 Å². The van der Waals surface area contributed by atoms with Crippen LogP contribution >= 0.6 is 0 Å². The van der Waals surface area contributed by atoms with E-state index >= 15 is 0 Å². The summed E-state index contributed by atoms with van der Waals surface area (Å²) in [5.74, 6) is 0. The molecule has 1 fully saturated rings. The van der Waals surface area contributed by atoms with Gasteiger partial charge in [0.15, 0.2) is 0 Å². The number of nitro benzene ring substituents is 1. The smallest absolute Gasteiger partial charge is 0.269 e. The Bertz CT molecular complexity index is 454. The van der Waals surface area contributed by atoms with Gasteiger partial charge in [-0.3, -0.25) is 10.1 Å². The lowest BCUT2D eigenvalue weighted by atomic mass is 10.1. The van der Waals surface area contributed by atoms with E-state index in [1.165, 1.54) is 0 Å². The van der Waals surface area contributed by atoms with Crippen molar-refractivity contribution in [3.63, 3.8) is 0 Å². The summed E-state index contributed by atoms with van der Waals surface area (Å²) in [6.45, 7) is 8.99. The summed E-state index contributed by atoms with van der Waals surface area (Å²) in [6, 6.07) is 6.89. The molecule has 7 heteroatoms. The minimum atomic E-state index is -0.355. The highest BCUT2D eigenvalue weighted by Crippen LogP contribution is 2.12. The quantitative estimate of drug-likeness (QED) is 0.544. The van der Waals surface area contributed by atoms with Gasteiger partial charge in [-0.05, 0) is 12.0 Å². The van der Waals surface area contributed by atoms with Gasteiger partial charge in [-0.2, -0.15) is 0 Å². The zero-order chi connectivity index (χ0) is 16.3. The van der Waals surface area contributed by atoms with E-state index in [1.807, 2.05) is 12.1 Å². The minimum Gasteiger partial charge on any atom is -0.314 e. The van der Waals surface area contributed by atoms with Gasteiger partial charge in [-0.25, -0.2) is 0 Å². The van der Waals surface area contributed by atoms with E-state index in [1.54, 1.807) is 12.1 Å². The second-order valence-corrected chi connectivity index (χ2v) is 5.77. The molecule has 0 amide bonds. The van der Waals surface area contributed by atoms with Gasteiger partial charge in [-0.1, -0.05) is 12.1 Å². The first-order valence-electron chi connectivity index (χ1n) is 8.33. The third-order valence-electron chi connectivity index (χ3n) is 4.03. The molecule has 0 spiro atoms. The molecule has 0 unspecified atom stereocenters. The lowest BCUT2D eigenvalue weighted by Gasteiger charge is -2.23. The highest BCUT2D eigenvalue weighted by atomic mass is 16.6. The highest BCUT2D eigenvalue weighted by molar-refractivity contribution is 5.32. The van der Waals surface area contributed by atoms with Crippen molar-refractivity contribution in [2.45, 2.75) is 6.42 Å². The summed E-state index contributed by atoms with van der Waals surface area (Å²) in [7, 11) is 0. The average Bonchev–Trinajstić information content (AvgIpc) is 2.55. The zero-order valence-electron chi connectivity index (χ0n) is 13.6.